The molecule has 2 rings (SSSR count). The van der Waals surface area contributed by atoms with Gasteiger partial charge in [0.2, 0.25) is 0 Å². The summed E-state index contributed by atoms with van der Waals surface area (Å²) >= 11 is 1.47. The molecule has 1 heterocycles. The first kappa shape index (κ1) is 9.77. The van der Waals surface area contributed by atoms with Crippen molar-refractivity contribution in [2.75, 3.05) is 0 Å². The summed E-state index contributed by atoms with van der Waals surface area (Å²) in [6.45, 7) is 0.411. The van der Waals surface area contributed by atoms with Gasteiger partial charge in [0.05, 0.1) is 11.6 Å². The normalized spacial score (nSPS) is 9.87. The molecule has 5 heteroatoms. The average Bonchev–Trinajstić information content (AvgIpc) is 2.78. The average molecular weight is 216 g/mol. The standard InChI is InChI=1S/C10H8N4S/c11-5-7-1-3-8(4-2-7)10-14-13-9(6-12)15-10/h1-4H,6,12H2. The number of nitrogens with two attached hydrogens (primary N) is 1. The maximum absolute atomic E-state index is 8.65. The molecule has 0 aliphatic carbocycles. The zero-order valence-corrected chi connectivity index (χ0v) is 8.66. The summed E-state index contributed by atoms with van der Waals surface area (Å²) in [7, 11) is 0. The molecule has 4 nitrogen and oxygen atoms in total. The Morgan fingerprint density at radius 2 is 2.00 bits per heavy atom. The van der Waals surface area contributed by atoms with E-state index in [9.17, 15) is 0 Å². The van der Waals surface area contributed by atoms with E-state index >= 15 is 0 Å². The molecule has 0 spiro atoms. The maximum Gasteiger partial charge on any atom is 0.147 e. The Morgan fingerprint density at radius 3 is 2.53 bits per heavy atom. The minimum absolute atomic E-state index is 0.411. The van der Waals surface area contributed by atoms with Crippen LogP contribution in [0.15, 0.2) is 24.3 Å². The predicted molar refractivity (Wildman–Crippen MR) is 58.0 cm³/mol. The molecule has 0 radical (unpaired) electrons. The minimum atomic E-state index is 0.411. The van der Waals surface area contributed by atoms with E-state index in [-0.39, 0.29) is 0 Å². The quantitative estimate of drug-likeness (QED) is 0.826. The molecule has 0 unspecified atom stereocenters. The lowest BCUT2D eigenvalue weighted by molar-refractivity contribution is 0.960. The fraction of sp³-hybridized carbons (Fsp3) is 0.100. The Hall–Kier alpha value is -1.77. The molecule has 0 bridgehead atoms. The van der Waals surface area contributed by atoms with Crippen molar-refractivity contribution >= 4 is 11.3 Å². The highest BCUT2D eigenvalue weighted by Crippen LogP contribution is 2.23. The highest BCUT2D eigenvalue weighted by molar-refractivity contribution is 7.14. The molecular weight excluding hydrogens is 208 g/mol. The molecule has 0 saturated heterocycles. The van der Waals surface area contributed by atoms with E-state index in [0.717, 1.165) is 15.6 Å². The van der Waals surface area contributed by atoms with Crippen molar-refractivity contribution in [2.24, 2.45) is 5.73 Å². The number of rotatable bonds is 2. The predicted octanol–water partition coefficient (Wildman–Crippen LogP) is 1.54. The molecule has 2 N–H and O–H groups in total. The number of hydrogen-bond acceptors (Lipinski definition) is 5. The lowest BCUT2D eigenvalue weighted by atomic mass is 10.2. The monoisotopic (exact) mass is 216 g/mol. The molecule has 0 aliphatic heterocycles. The van der Waals surface area contributed by atoms with Crippen molar-refractivity contribution < 1.29 is 0 Å². The van der Waals surface area contributed by atoms with Crippen molar-refractivity contribution in [3.63, 3.8) is 0 Å². The van der Waals surface area contributed by atoms with Crippen LogP contribution in [0.25, 0.3) is 10.6 Å². The van der Waals surface area contributed by atoms with Gasteiger partial charge >= 0.3 is 0 Å². The summed E-state index contributed by atoms with van der Waals surface area (Å²) in [6.07, 6.45) is 0. The maximum atomic E-state index is 8.65. The van der Waals surface area contributed by atoms with Gasteiger partial charge in [-0.1, -0.05) is 23.5 Å². The third kappa shape index (κ3) is 2.01. The number of benzene rings is 1. The summed E-state index contributed by atoms with van der Waals surface area (Å²) < 4.78 is 0. The van der Waals surface area contributed by atoms with Gasteiger partial charge < -0.3 is 5.73 Å². The van der Waals surface area contributed by atoms with Crippen LogP contribution in [-0.4, -0.2) is 10.2 Å². The molecule has 1 aromatic heterocycles. The molecule has 0 fully saturated rings. The first-order chi connectivity index (χ1) is 7.33. The van der Waals surface area contributed by atoms with Gasteiger partial charge in [-0.15, -0.1) is 10.2 Å². The topological polar surface area (TPSA) is 75.6 Å². The van der Waals surface area contributed by atoms with Crippen molar-refractivity contribution in [1.29, 1.82) is 5.26 Å². The van der Waals surface area contributed by atoms with E-state index < -0.39 is 0 Å². The lowest BCUT2D eigenvalue weighted by Crippen LogP contribution is -1.94. The first-order valence-corrected chi connectivity index (χ1v) is 5.18. The van der Waals surface area contributed by atoms with Crippen molar-refractivity contribution in [3.8, 4) is 16.6 Å². The fourth-order valence-electron chi connectivity index (χ4n) is 1.14. The molecule has 15 heavy (non-hydrogen) atoms. The molecule has 0 saturated carbocycles. The third-order valence-corrected chi connectivity index (χ3v) is 2.90. The Balaban J connectivity index is 2.33. The molecule has 0 amide bonds. The second kappa shape index (κ2) is 4.17. The van der Waals surface area contributed by atoms with Crippen LogP contribution in [0.2, 0.25) is 0 Å². The van der Waals surface area contributed by atoms with E-state index in [2.05, 4.69) is 16.3 Å². The third-order valence-electron chi connectivity index (χ3n) is 1.90. The summed E-state index contributed by atoms with van der Waals surface area (Å²) in [4.78, 5) is 0. The van der Waals surface area contributed by atoms with E-state index in [4.69, 9.17) is 11.0 Å². The van der Waals surface area contributed by atoms with Crippen LogP contribution in [0.1, 0.15) is 10.6 Å². The van der Waals surface area contributed by atoms with Gasteiger partial charge in [0.25, 0.3) is 0 Å². The Bertz CT molecular complexity index is 495. The zero-order valence-electron chi connectivity index (χ0n) is 7.84. The van der Waals surface area contributed by atoms with Gasteiger partial charge in [-0.2, -0.15) is 5.26 Å². The Kier molecular flexibility index (Phi) is 2.72. The molecule has 1 aromatic carbocycles. The van der Waals surface area contributed by atoms with E-state index in [1.165, 1.54) is 11.3 Å². The lowest BCUT2D eigenvalue weighted by Gasteiger charge is -1.93. The largest absolute Gasteiger partial charge is 0.324 e. The van der Waals surface area contributed by atoms with Gasteiger partial charge in [0, 0.05) is 12.1 Å². The zero-order chi connectivity index (χ0) is 10.7. The van der Waals surface area contributed by atoms with Crippen LogP contribution in [-0.2, 0) is 6.54 Å². The van der Waals surface area contributed by atoms with Crippen LogP contribution < -0.4 is 5.73 Å². The van der Waals surface area contributed by atoms with E-state index in [1.807, 2.05) is 12.1 Å². The van der Waals surface area contributed by atoms with Crippen LogP contribution in [0.5, 0.6) is 0 Å². The highest BCUT2D eigenvalue weighted by Gasteiger charge is 2.04. The molecule has 2 aromatic rings. The van der Waals surface area contributed by atoms with Gasteiger partial charge in [0.1, 0.15) is 10.0 Å². The van der Waals surface area contributed by atoms with Crippen LogP contribution >= 0.6 is 11.3 Å². The van der Waals surface area contributed by atoms with Gasteiger partial charge in [-0.25, -0.2) is 0 Å². The second-order valence-corrected chi connectivity index (χ2v) is 3.96. The van der Waals surface area contributed by atoms with Gasteiger partial charge in [-0.3, -0.25) is 0 Å². The summed E-state index contributed by atoms with van der Waals surface area (Å²) in [5, 5.41) is 18.2. The van der Waals surface area contributed by atoms with Crippen molar-refractivity contribution in [1.82, 2.24) is 10.2 Å². The molecular formula is C10H8N4S. The number of aromatic nitrogens is 2. The molecule has 74 valence electrons. The first-order valence-electron chi connectivity index (χ1n) is 4.36. The van der Waals surface area contributed by atoms with Gasteiger partial charge in [-0.05, 0) is 12.1 Å². The molecule has 0 aliphatic rings. The van der Waals surface area contributed by atoms with Crippen LogP contribution in [0.4, 0.5) is 0 Å². The Morgan fingerprint density at radius 1 is 1.27 bits per heavy atom. The Labute approximate surface area is 91.0 Å². The van der Waals surface area contributed by atoms with E-state index in [1.54, 1.807) is 12.1 Å². The van der Waals surface area contributed by atoms with Crippen molar-refractivity contribution in [3.05, 3.63) is 34.8 Å². The second-order valence-electron chi connectivity index (χ2n) is 2.89. The number of hydrogen-bond donors (Lipinski definition) is 1. The van der Waals surface area contributed by atoms with Crippen LogP contribution in [0.3, 0.4) is 0 Å². The summed E-state index contributed by atoms with van der Waals surface area (Å²) in [5.74, 6) is 0. The number of nitrogens with zero attached hydrogens (tertiary/aromatic N) is 3. The minimum Gasteiger partial charge on any atom is -0.324 e. The van der Waals surface area contributed by atoms with Crippen LogP contribution in [0, 0.1) is 11.3 Å². The highest BCUT2D eigenvalue weighted by atomic mass is 32.1. The summed E-state index contributed by atoms with van der Waals surface area (Å²) in [6, 6.07) is 9.32. The van der Waals surface area contributed by atoms with E-state index in [0.29, 0.717) is 12.1 Å². The smallest absolute Gasteiger partial charge is 0.147 e. The van der Waals surface area contributed by atoms with Crippen molar-refractivity contribution in [2.45, 2.75) is 6.54 Å². The molecule has 0 atom stereocenters. The SMILES string of the molecule is N#Cc1ccc(-c2nnc(CN)s2)cc1. The fourth-order valence-corrected chi connectivity index (χ4v) is 1.86. The number of nitriles is 1. The van der Waals surface area contributed by atoms with Gasteiger partial charge in [0.15, 0.2) is 0 Å². The summed E-state index contributed by atoms with van der Waals surface area (Å²) in [5.41, 5.74) is 7.06.